The Morgan fingerprint density at radius 1 is 1.42 bits per heavy atom. The van der Waals surface area contributed by atoms with Gasteiger partial charge in [0.05, 0.1) is 12.2 Å². The predicted molar refractivity (Wildman–Crippen MR) is 70.9 cm³/mol. The molecule has 0 saturated carbocycles. The fraction of sp³-hybridized carbons (Fsp3) is 0.143. The van der Waals surface area contributed by atoms with E-state index in [0.29, 0.717) is 12.0 Å². The highest BCUT2D eigenvalue weighted by molar-refractivity contribution is 6.03. The predicted octanol–water partition coefficient (Wildman–Crippen LogP) is 2.44. The first-order chi connectivity index (χ1) is 9.11. The van der Waals surface area contributed by atoms with Crippen LogP contribution in [-0.4, -0.2) is 28.6 Å². The number of H-pyrrole nitrogens is 1. The van der Waals surface area contributed by atoms with Crippen LogP contribution < -0.4 is 0 Å². The van der Waals surface area contributed by atoms with Crippen LogP contribution in [-0.2, 0) is 9.53 Å². The smallest absolute Gasteiger partial charge is 0.337 e. The minimum atomic E-state index is -0.988. The second-order valence-corrected chi connectivity index (χ2v) is 3.90. The van der Waals surface area contributed by atoms with Crippen molar-refractivity contribution >= 4 is 28.9 Å². The minimum absolute atomic E-state index is 0.210. The number of nitrogens with one attached hydrogen (secondary N) is 1. The van der Waals surface area contributed by atoms with Crippen LogP contribution in [0.5, 0.6) is 0 Å². The number of carbonyl (C=O) groups is 2. The van der Waals surface area contributed by atoms with E-state index in [1.165, 1.54) is 12.3 Å². The molecule has 2 N–H and O–H groups in total. The molecule has 0 fully saturated rings. The molecule has 98 valence electrons. The largest absolute Gasteiger partial charge is 0.478 e. The Balaban J connectivity index is 2.32. The highest BCUT2D eigenvalue weighted by atomic mass is 16.5. The second-order valence-electron chi connectivity index (χ2n) is 3.90. The summed E-state index contributed by atoms with van der Waals surface area (Å²) in [5.41, 5.74) is 1.69. The number of carboxylic acids is 1. The number of benzene rings is 1. The molecule has 1 heterocycles. The third-order valence-corrected chi connectivity index (χ3v) is 2.63. The number of ether oxygens (including phenoxy) is 1. The van der Waals surface area contributed by atoms with Crippen molar-refractivity contribution in [2.24, 2.45) is 0 Å². The van der Waals surface area contributed by atoms with E-state index in [0.717, 1.165) is 11.1 Å². The van der Waals surface area contributed by atoms with Gasteiger partial charge in [-0.05, 0) is 30.7 Å². The van der Waals surface area contributed by atoms with Crippen molar-refractivity contribution in [3.05, 3.63) is 41.6 Å². The fourth-order valence-electron chi connectivity index (χ4n) is 1.77. The Morgan fingerprint density at radius 2 is 2.21 bits per heavy atom. The number of hydrogen-bond donors (Lipinski definition) is 2. The normalized spacial score (nSPS) is 11.0. The van der Waals surface area contributed by atoms with Gasteiger partial charge in [-0.3, -0.25) is 0 Å². The molecule has 0 unspecified atom stereocenters. The quantitative estimate of drug-likeness (QED) is 0.653. The fourth-order valence-corrected chi connectivity index (χ4v) is 1.77. The molecule has 0 spiro atoms. The van der Waals surface area contributed by atoms with Gasteiger partial charge >= 0.3 is 11.9 Å². The third-order valence-electron chi connectivity index (χ3n) is 2.63. The lowest BCUT2D eigenvalue weighted by molar-refractivity contribution is -0.137. The Hall–Kier alpha value is -2.56. The highest BCUT2D eigenvalue weighted by Crippen LogP contribution is 2.20. The van der Waals surface area contributed by atoms with Crippen molar-refractivity contribution in [2.45, 2.75) is 6.92 Å². The Bertz CT molecular complexity index is 655. The molecule has 0 atom stereocenters. The number of hydrogen-bond acceptors (Lipinski definition) is 3. The number of rotatable bonds is 4. The van der Waals surface area contributed by atoms with Gasteiger partial charge in [-0.2, -0.15) is 0 Å². The molecule has 2 rings (SSSR count). The summed E-state index contributed by atoms with van der Waals surface area (Å²) in [7, 11) is 0. The van der Waals surface area contributed by atoms with Crippen molar-refractivity contribution in [3.63, 3.8) is 0 Å². The van der Waals surface area contributed by atoms with E-state index in [1.807, 2.05) is 0 Å². The summed E-state index contributed by atoms with van der Waals surface area (Å²) in [6.07, 6.45) is 4.36. The molecule has 5 nitrogen and oxygen atoms in total. The van der Waals surface area contributed by atoms with Gasteiger partial charge in [0, 0.05) is 23.2 Å². The van der Waals surface area contributed by atoms with Crippen molar-refractivity contribution in [2.75, 3.05) is 6.61 Å². The SMILES string of the molecule is CCOC(=O)C=Cc1ccc2[nH]cc(C(=O)O)c2c1. The number of carbonyl (C=O) groups excluding carboxylic acids is 1. The number of carboxylic acid groups (broad SMARTS) is 1. The van der Waals surface area contributed by atoms with E-state index in [9.17, 15) is 9.59 Å². The average molecular weight is 259 g/mol. The van der Waals surface area contributed by atoms with Gasteiger partial charge < -0.3 is 14.8 Å². The van der Waals surface area contributed by atoms with Gasteiger partial charge in [0.15, 0.2) is 0 Å². The van der Waals surface area contributed by atoms with E-state index in [2.05, 4.69) is 4.98 Å². The summed E-state index contributed by atoms with van der Waals surface area (Å²) in [5.74, 6) is -1.41. The zero-order valence-corrected chi connectivity index (χ0v) is 10.3. The van der Waals surface area contributed by atoms with Crippen molar-refractivity contribution in [1.29, 1.82) is 0 Å². The average Bonchev–Trinajstić information content (AvgIpc) is 2.79. The van der Waals surface area contributed by atoms with Gasteiger partial charge in [0.2, 0.25) is 0 Å². The van der Waals surface area contributed by atoms with Gasteiger partial charge in [0.25, 0.3) is 0 Å². The molecular formula is C14H13NO4. The van der Waals surface area contributed by atoms with E-state index in [1.54, 1.807) is 31.2 Å². The first-order valence-electron chi connectivity index (χ1n) is 5.81. The molecule has 0 aliphatic heterocycles. The number of aromatic amines is 1. The number of aromatic carboxylic acids is 1. The molecule has 0 aliphatic rings. The third kappa shape index (κ3) is 2.82. The van der Waals surface area contributed by atoms with E-state index in [-0.39, 0.29) is 5.56 Å². The zero-order chi connectivity index (χ0) is 13.8. The molecule has 2 aromatic rings. The number of fused-ring (bicyclic) bond motifs is 1. The van der Waals surface area contributed by atoms with Crippen LogP contribution in [0.25, 0.3) is 17.0 Å². The maximum atomic E-state index is 11.2. The van der Waals surface area contributed by atoms with Crippen LogP contribution in [0.3, 0.4) is 0 Å². The van der Waals surface area contributed by atoms with E-state index >= 15 is 0 Å². The van der Waals surface area contributed by atoms with Crippen molar-refractivity contribution in [1.82, 2.24) is 4.98 Å². The standard InChI is InChI=1S/C14H13NO4/c1-2-19-13(16)6-4-9-3-5-12-10(7-9)11(8-15-12)14(17)18/h3-8,15H,2H2,1H3,(H,17,18). The lowest BCUT2D eigenvalue weighted by Crippen LogP contribution is -1.98. The van der Waals surface area contributed by atoms with E-state index < -0.39 is 11.9 Å². The summed E-state index contributed by atoms with van der Waals surface area (Å²) in [5, 5.41) is 9.65. The Kier molecular flexibility index (Phi) is 3.66. The molecule has 0 saturated heterocycles. The summed E-state index contributed by atoms with van der Waals surface area (Å²) in [6, 6.07) is 5.28. The zero-order valence-electron chi connectivity index (χ0n) is 10.3. The molecule has 0 radical (unpaired) electrons. The van der Waals surface area contributed by atoms with Crippen LogP contribution in [0.2, 0.25) is 0 Å². The molecule has 19 heavy (non-hydrogen) atoms. The number of aromatic nitrogens is 1. The van der Waals surface area contributed by atoms with Crippen LogP contribution in [0.15, 0.2) is 30.5 Å². The summed E-state index contributed by atoms with van der Waals surface area (Å²) >= 11 is 0. The maximum Gasteiger partial charge on any atom is 0.337 e. The number of esters is 1. The molecule has 0 aliphatic carbocycles. The van der Waals surface area contributed by atoms with Crippen molar-refractivity contribution < 1.29 is 19.4 Å². The maximum absolute atomic E-state index is 11.2. The van der Waals surface area contributed by atoms with Gasteiger partial charge in [-0.15, -0.1) is 0 Å². The topological polar surface area (TPSA) is 79.4 Å². The first kappa shape index (κ1) is 12.9. The van der Waals surface area contributed by atoms with Crippen LogP contribution in [0, 0.1) is 0 Å². The first-order valence-corrected chi connectivity index (χ1v) is 5.81. The Labute approximate surface area is 109 Å². The van der Waals surface area contributed by atoms with E-state index in [4.69, 9.17) is 9.84 Å². The lowest BCUT2D eigenvalue weighted by Gasteiger charge is -1.97. The van der Waals surface area contributed by atoms with Gasteiger partial charge in [-0.25, -0.2) is 9.59 Å². The summed E-state index contributed by atoms with van der Waals surface area (Å²) in [4.78, 5) is 25.1. The summed E-state index contributed by atoms with van der Waals surface area (Å²) in [6.45, 7) is 2.06. The molecular weight excluding hydrogens is 246 g/mol. The van der Waals surface area contributed by atoms with Crippen LogP contribution in [0.1, 0.15) is 22.8 Å². The molecule has 0 bridgehead atoms. The molecule has 0 amide bonds. The Morgan fingerprint density at radius 3 is 2.89 bits per heavy atom. The highest BCUT2D eigenvalue weighted by Gasteiger charge is 2.10. The van der Waals surface area contributed by atoms with Crippen LogP contribution in [0.4, 0.5) is 0 Å². The molecule has 5 heteroatoms. The van der Waals surface area contributed by atoms with Gasteiger partial charge in [-0.1, -0.05) is 6.07 Å². The minimum Gasteiger partial charge on any atom is -0.478 e. The second kappa shape index (κ2) is 5.39. The summed E-state index contributed by atoms with van der Waals surface area (Å²) < 4.78 is 4.77. The van der Waals surface area contributed by atoms with Crippen LogP contribution >= 0.6 is 0 Å². The van der Waals surface area contributed by atoms with Gasteiger partial charge in [0.1, 0.15) is 0 Å². The molecule has 1 aromatic carbocycles. The van der Waals surface area contributed by atoms with Crippen molar-refractivity contribution in [3.8, 4) is 0 Å². The molecule has 1 aromatic heterocycles. The lowest BCUT2D eigenvalue weighted by atomic mass is 10.1. The monoisotopic (exact) mass is 259 g/mol.